The van der Waals surface area contributed by atoms with Crippen molar-refractivity contribution in [1.82, 2.24) is 19.6 Å². The third-order valence-corrected chi connectivity index (χ3v) is 7.91. The van der Waals surface area contributed by atoms with Crippen LogP contribution in [0.2, 0.25) is 0 Å². The van der Waals surface area contributed by atoms with Crippen molar-refractivity contribution in [1.29, 1.82) is 0 Å². The normalized spacial score (nSPS) is 20.8. The zero-order chi connectivity index (χ0) is 26.1. The first kappa shape index (κ1) is 24.7. The molecule has 2 saturated heterocycles. The molecule has 0 saturated carbocycles. The van der Waals surface area contributed by atoms with Crippen molar-refractivity contribution >= 4 is 28.5 Å². The molecule has 3 aromatic carbocycles. The Kier molecular flexibility index (Phi) is 6.93. The summed E-state index contributed by atoms with van der Waals surface area (Å²) in [4.78, 5) is 47.1. The highest BCUT2D eigenvalue weighted by Crippen LogP contribution is 2.30. The van der Waals surface area contributed by atoms with Gasteiger partial charge in [0, 0.05) is 62.3 Å². The molecule has 0 aromatic heterocycles. The predicted octanol–water partition coefficient (Wildman–Crippen LogP) is 2.65. The molecule has 3 amide bonds. The summed E-state index contributed by atoms with van der Waals surface area (Å²) in [6.07, 6.45) is -0.0788. The Labute approximate surface area is 222 Å². The van der Waals surface area contributed by atoms with Gasteiger partial charge in [0.2, 0.25) is 5.91 Å². The summed E-state index contributed by atoms with van der Waals surface area (Å²) in [6.45, 7) is 6.29. The molecule has 1 atom stereocenters. The quantitative estimate of drug-likeness (QED) is 0.473. The summed E-state index contributed by atoms with van der Waals surface area (Å²) in [7, 11) is 0. The molecular formula is C30H32N4O4. The van der Waals surface area contributed by atoms with Gasteiger partial charge in [0.25, 0.3) is 11.8 Å². The summed E-state index contributed by atoms with van der Waals surface area (Å²) in [5, 5.41) is 1.68. The lowest BCUT2D eigenvalue weighted by Gasteiger charge is -2.38. The topological polar surface area (TPSA) is 73.4 Å². The average Bonchev–Trinajstić information content (AvgIpc) is 2.97. The van der Waals surface area contributed by atoms with Crippen LogP contribution in [0.3, 0.4) is 0 Å². The van der Waals surface area contributed by atoms with Crippen molar-refractivity contribution in [2.75, 3.05) is 65.5 Å². The number of imide groups is 1. The third-order valence-electron chi connectivity index (χ3n) is 7.91. The van der Waals surface area contributed by atoms with Crippen molar-refractivity contribution in [2.45, 2.75) is 6.10 Å². The van der Waals surface area contributed by atoms with Crippen LogP contribution >= 0.6 is 0 Å². The van der Waals surface area contributed by atoms with Crippen LogP contribution in [0, 0.1) is 0 Å². The standard InChI is InChI=1S/C30H32N4O4/c35-27(33-18-19-38-26(20-33)22-6-2-1-3-7-22)21-32-14-12-31(13-15-32)16-17-34-29(36)24-10-4-8-23-9-5-11-25(28(23)24)30(34)37/h1-11,26H,12-21H2/t26-/m0/s1. The minimum atomic E-state index is -0.220. The van der Waals surface area contributed by atoms with Gasteiger partial charge in [0.15, 0.2) is 0 Å². The first-order valence-corrected chi connectivity index (χ1v) is 13.4. The minimum absolute atomic E-state index is 0.0788. The maximum atomic E-state index is 13.2. The molecule has 2 fully saturated rings. The molecule has 3 aliphatic rings. The van der Waals surface area contributed by atoms with Gasteiger partial charge < -0.3 is 9.64 Å². The van der Waals surface area contributed by atoms with Gasteiger partial charge in [-0.05, 0) is 23.1 Å². The van der Waals surface area contributed by atoms with E-state index in [2.05, 4.69) is 9.80 Å². The number of carbonyl (C=O) groups excluding carboxylic acids is 3. The van der Waals surface area contributed by atoms with Crippen molar-refractivity contribution in [3.05, 3.63) is 83.4 Å². The fourth-order valence-corrected chi connectivity index (χ4v) is 5.73. The van der Waals surface area contributed by atoms with Gasteiger partial charge in [0.1, 0.15) is 6.10 Å². The van der Waals surface area contributed by atoms with E-state index in [1.807, 2.05) is 59.5 Å². The van der Waals surface area contributed by atoms with Crippen LogP contribution in [0.1, 0.15) is 32.4 Å². The number of carbonyl (C=O) groups is 3. The Bertz CT molecular complexity index is 1300. The van der Waals surface area contributed by atoms with Crippen LogP contribution in [0.4, 0.5) is 0 Å². The fraction of sp³-hybridized carbons (Fsp3) is 0.367. The highest BCUT2D eigenvalue weighted by atomic mass is 16.5. The Hall–Kier alpha value is -3.59. The molecule has 3 aliphatic heterocycles. The van der Waals surface area contributed by atoms with E-state index < -0.39 is 0 Å². The van der Waals surface area contributed by atoms with Crippen LogP contribution in [0.25, 0.3) is 10.8 Å². The third kappa shape index (κ3) is 4.82. The molecule has 0 spiro atoms. The molecule has 3 aromatic rings. The largest absolute Gasteiger partial charge is 0.370 e. The lowest BCUT2D eigenvalue weighted by molar-refractivity contribution is -0.140. The van der Waals surface area contributed by atoms with Crippen molar-refractivity contribution in [2.24, 2.45) is 0 Å². The number of ether oxygens (including phenoxy) is 1. The molecule has 8 nitrogen and oxygen atoms in total. The molecule has 0 bridgehead atoms. The van der Waals surface area contributed by atoms with E-state index in [1.54, 1.807) is 12.1 Å². The van der Waals surface area contributed by atoms with Crippen molar-refractivity contribution in [3.8, 4) is 0 Å². The summed E-state index contributed by atoms with van der Waals surface area (Å²) in [5.41, 5.74) is 2.29. The zero-order valence-corrected chi connectivity index (χ0v) is 21.4. The van der Waals surface area contributed by atoms with Crippen molar-refractivity contribution < 1.29 is 19.1 Å². The highest BCUT2D eigenvalue weighted by molar-refractivity contribution is 6.25. The number of rotatable bonds is 6. The first-order chi connectivity index (χ1) is 18.6. The van der Waals surface area contributed by atoms with Gasteiger partial charge in [-0.2, -0.15) is 0 Å². The van der Waals surface area contributed by atoms with Crippen molar-refractivity contribution in [3.63, 3.8) is 0 Å². The molecule has 3 heterocycles. The second kappa shape index (κ2) is 10.6. The van der Waals surface area contributed by atoms with Gasteiger partial charge in [-0.15, -0.1) is 0 Å². The monoisotopic (exact) mass is 512 g/mol. The zero-order valence-electron chi connectivity index (χ0n) is 21.4. The van der Waals surface area contributed by atoms with E-state index in [0.717, 1.165) is 42.5 Å². The molecular weight excluding hydrogens is 480 g/mol. The summed E-state index contributed by atoms with van der Waals surface area (Å²) in [6, 6.07) is 21.3. The number of amides is 3. The summed E-state index contributed by atoms with van der Waals surface area (Å²) < 4.78 is 5.91. The number of hydrogen-bond donors (Lipinski definition) is 0. The van der Waals surface area contributed by atoms with Crippen LogP contribution < -0.4 is 0 Å². The van der Waals surface area contributed by atoms with Gasteiger partial charge in [-0.3, -0.25) is 29.1 Å². The van der Waals surface area contributed by atoms with Crippen LogP contribution in [0.15, 0.2) is 66.7 Å². The smallest absolute Gasteiger partial charge is 0.261 e. The fourth-order valence-electron chi connectivity index (χ4n) is 5.73. The molecule has 196 valence electrons. The van der Waals surface area contributed by atoms with Gasteiger partial charge in [0.05, 0.1) is 19.7 Å². The molecule has 0 radical (unpaired) electrons. The molecule has 38 heavy (non-hydrogen) atoms. The Morgan fingerprint density at radius 3 is 2.11 bits per heavy atom. The highest BCUT2D eigenvalue weighted by Gasteiger charge is 2.33. The number of benzene rings is 3. The number of piperazine rings is 1. The number of hydrogen-bond acceptors (Lipinski definition) is 6. The summed E-state index contributed by atoms with van der Waals surface area (Å²) >= 11 is 0. The van der Waals surface area contributed by atoms with Crippen LogP contribution in [-0.4, -0.2) is 103 Å². The second-order valence-electron chi connectivity index (χ2n) is 10.2. The lowest BCUT2D eigenvalue weighted by atomic mass is 9.94. The lowest BCUT2D eigenvalue weighted by Crippen LogP contribution is -2.53. The predicted molar refractivity (Wildman–Crippen MR) is 144 cm³/mol. The van der Waals surface area contributed by atoms with Crippen LogP contribution in [0.5, 0.6) is 0 Å². The molecule has 0 N–H and O–H groups in total. The second-order valence-corrected chi connectivity index (χ2v) is 10.2. The van der Waals surface area contributed by atoms with Gasteiger partial charge in [-0.25, -0.2) is 0 Å². The molecule has 0 unspecified atom stereocenters. The Morgan fingerprint density at radius 2 is 1.42 bits per heavy atom. The van der Waals surface area contributed by atoms with E-state index in [1.165, 1.54) is 4.90 Å². The summed E-state index contributed by atoms with van der Waals surface area (Å²) in [5.74, 6) is -0.300. The van der Waals surface area contributed by atoms with E-state index in [-0.39, 0.29) is 23.8 Å². The number of nitrogens with zero attached hydrogens (tertiary/aromatic N) is 4. The van der Waals surface area contributed by atoms with E-state index in [9.17, 15) is 14.4 Å². The minimum Gasteiger partial charge on any atom is -0.370 e. The Balaban J connectivity index is 0.998. The van der Waals surface area contributed by atoms with E-state index in [4.69, 9.17) is 4.74 Å². The number of morpholine rings is 1. The maximum Gasteiger partial charge on any atom is 0.261 e. The molecule has 0 aliphatic carbocycles. The first-order valence-electron chi connectivity index (χ1n) is 13.4. The van der Waals surface area contributed by atoms with E-state index in [0.29, 0.717) is 50.5 Å². The van der Waals surface area contributed by atoms with E-state index >= 15 is 0 Å². The maximum absolute atomic E-state index is 13.2. The van der Waals surface area contributed by atoms with Gasteiger partial charge >= 0.3 is 0 Å². The SMILES string of the molecule is O=C(CN1CCN(CCN2C(=O)c3cccc4cccc(c34)C2=O)CC1)N1CCO[C@H](c2ccccc2)C1. The van der Waals surface area contributed by atoms with Gasteiger partial charge in [-0.1, -0.05) is 54.6 Å². The Morgan fingerprint density at radius 1 is 0.763 bits per heavy atom. The average molecular weight is 513 g/mol. The molecule has 6 rings (SSSR count). The molecule has 8 heteroatoms. The van der Waals surface area contributed by atoms with Crippen LogP contribution in [-0.2, 0) is 9.53 Å².